The summed E-state index contributed by atoms with van der Waals surface area (Å²) in [7, 11) is 0. The van der Waals surface area contributed by atoms with Gasteiger partial charge < -0.3 is 0 Å². The summed E-state index contributed by atoms with van der Waals surface area (Å²) < 4.78 is 0. The Morgan fingerprint density at radius 1 is 1.43 bits per heavy atom. The molecular formula is C10H8N2O2. The standard InChI is InChI=1S/C10H8N2O2/c1-6-8(13)7(2)10(14)12-5-3-4-11-9(6)12/h3-5H,2H2,1H3. The number of fused-ring (bicyclic) bond motifs is 1. The predicted molar refractivity (Wildman–Crippen MR) is 51.3 cm³/mol. The van der Waals surface area contributed by atoms with Gasteiger partial charge in [0.2, 0.25) is 0 Å². The Morgan fingerprint density at radius 3 is 2.86 bits per heavy atom. The van der Waals surface area contributed by atoms with Crippen molar-refractivity contribution in [3.63, 3.8) is 0 Å². The molecule has 2 aliphatic heterocycles. The highest BCUT2D eigenvalue weighted by atomic mass is 16.2. The van der Waals surface area contributed by atoms with Gasteiger partial charge in [0.05, 0.1) is 5.57 Å². The van der Waals surface area contributed by atoms with Crippen molar-refractivity contribution in [2.24, 2.45) is 4.99 Å². The Kier molecular flexibility index (Phi) is 1.70. The van der Waals surface area contributed by atoms with E-state index in [4.69, 9.17) is 0 Å². The van der Waals surface area contributed by atoms with Crippen molar-refractivity contribution in [1.29, 1.82) is 0 Å². The summed E-state index contributed by atoms with van der Waals surface area (Å²) in [5.41, 5.74) is 0.447. The van der Waals surface area contributed by atoms with Crippen LogP contribution in [0.4, 0.5) is 0 Å². The molecular weight excluding hydrogens is 180 g/mol. The number of amides is 1. The summed E-state index contributed by atoms with van der Waals surface area (Å²) in [6.45, 7) is 5.09. The van der Waals surface area contributed by atoms with Crippen molar-refractivity contribution in [1.82, 2.24) is 4.90 Å². The van der Waals surface area contributed by atoms with Crippen molar-refractivity contribution in [3.8, 4) is 0 Å². The fraction of sp³-hybridized carbons (Fsp3) is 0.100. The molecule has 70 valence electrons. The zero-order valence-electron chi connectivity index (χ0n) is 7.65. The van der Waals surface area contributed by atoms with Crippen LogP contribution in [0.15, 0.2) is 40.8 Å². The lowest BCUT2D eigenvalue weighted by atomic mass is 10.0. The van der Waals surface area contributed by atoms with Gasteiger partial charge in [0.25, 0.3) is 5.91 Å². The minimum Gasteiger partial charge on any atom is -0.289 e. The van der Waals surface area contributed by atoms with E-state index in [9.17, 15) is 9.59 Å². The van der Waals surface area contributed by atoms with Crippen LogP contribution in [0.2, 0.25) is 0 Å². The van der Waals surface area contributed by atoms with Crippen LogP contribution in [0.25, 0.3) is 0 Å². The zero-order valence-corrected chi connectivity index (χ0v) is 7.65. The van der Waals surface area contributed by atoms with Crippen LogP contribution >= 0.6 is 0 Å². The summed E-state index contributed by atoms with van der Waals surface area (Å²) in [6, 6.07) is 0. The summed E-state index contributed by atoms with van der Waals surface area (Å²) in [5.74, 6) is -0.327. The number of nitrogens with zero attached hydrogens (tertiary/aromatic N) is 2. The van der Waals surface area contributed by atoms with Gasteiger partial charge in [0.1, 0.15) is 5.82 Å². The third-order valence-electron chi connectivity index (χ3n) is 2.17. The van der Waals surface area contributed by atoms with Crippen LogP contribution in [0.1, 0.15) is 6.92 Å². The van der Waals surface area contributed by atoms with Gasteiger partial charge in [-0.15, -0.1) is 0 Å². The second-order valence-electron chi connectivity index (χ2n) is 3.05. The molecule has 0 saturated carbocycles. The molecule has 0 fully saturated rings. The zero-order chi connectivity index (χ0) is 10.3. The SMILES string of the molecule is C=C1C(=O)C(C)=C2N=CC=CN2C1=O. The molecule has 4 nitrogen and oxygen atoms in total. The fourth-order valence-corrected chi connectivity index (χ4v) is 1.38. The molecule has 0 saturated heterocycles. The third-order valence-corrected chi connectivity index (χ3v) is 2.17. The van der Waals surface area contributed by atoms with Crippen LogP contribution in [0.5, 0.6) is 0 Å². The molecule has 2 aliphatic rings. The van der Waals surface area contributed by atoms with Gasteiger partial charge in [-0.2, -0.15) is 0 Å². The monoisotopic (exact) mass is 188 g/mol. The lowest BCUT2D eigenvalue weighted by Crippen LogP contribution is -2.36. The Bertz CT molecular complexity index is 441. The average Bonchev–Trinajstić information content (AvgIpc) is 2.23. The Labute approximate surface area is 80.9 Å². The average molecular weight is 188 g/mol. The van der Waals surface area contributed by atoms with Gasteiger partial charge in [-0.1, -0.05) is 6.58 Å². The number of hydrogen-bond donors (Lipinski definition) is 0. The van der Waals surface area contributed by atoms with Crippen LogP contribution in [0, 0.1) is 0 Å². The van der Waals surface area contributed by atoms with Crippen LogP contribution < -0.4 is 0 Å². The molecule has 1 amide bonds. The highest BCUT2D eigenvalue weighted by molar-refractivity contribution is 6.27. The van der Waals surface area contributed by atoms with E-state index >= 15 is 0 Å². The molecule has 0 radical (unpaired) electrons. The number of carbonyl (C=O) groups is 2. The number of ketones is 1. The van der Waals surface area contributed by atoms with E-state index in [1.54, 1.807) is 25.4 Å². The maximum absolute atomic E-state index is 11.6. The number of hydrogen-bond acceptors (Lipinski definition) is 3. The minimum absolute atomic E-state index is 0.00648. The maximum Gasteiger partial charge on any atom is 0.266 e. The second kappa shape index (κ2) is 2.77. The van der Waals surface area contributed by atoms with Crippen LogP contribution in [-0.4, -0.2) is 22.8 Å². The van der Waals surface area contributed by atoms with Crippen molar-refractivity contribution < 1.29 is 9.59 Å². The maximum atomic E-state index is 11.6. The lowest BCUT2D eigenvalue weighted by Gasteiger charge is -2.26. The van der Waals surface area contributed by atoms with Gasteiger partial charge in [-0.3, -0.25) is 14.5 Å². The van der Waals surface area contributed by atoms with Crippen molar-refractivity contribution in [2.45, 2.75) is 6.92 Å². The number of allylic oxidation sites excluding steroid dienone is 2. The quantitative estimate of drug-likeness (QED) is 0.416. The topological polar surface area (TPSA) is 49.7 Å². The van der Waals surface area contributed by atoms with Gasteiger partial charge in [-0.05, 0) is 13.0 Å². The molecule has 0 bridgehead atoms. The number of carbonyl (C=O) groups excluding carboxylic acids is 2. The van der Waals surface area contributed by atoms with Crippen molar-refractivity contribution in [2.75, 3.05) is 0 Å². The normalized spacial score (nSPS) is 20.6. The molecule has 2 heterocycles. The predicted octanol–water partition coefficient (Wildman–Crippen LogP) is 0.784. The van der Waals surface area contributed by atoms with E-state index in [2.05, 4.69) is 11.6 Å². The molecule has 0 aromatic carbocycles. The van der Waals surface area contributed by atoms with E-state index in [-0.39, 0.29) is 11.4 Å². The molecule has 2 rings (SSSR count). The Morgan fingerprint density at radius 2 is 2.14 bits per heavy atom. The number of rotatable bonds is 0. The summed E-state index contributed by atoms with van der Waals surface area (Å²) in [4.78, 5) is 28.4. The van der Waals surface area contributed by atoms with Gasteiger partial charge >= 0.3 is 0 Å². The third kappa shape index (κ3) is 0.970. The molecule has 0 unspecified atom stereocenters. The van der Waals surface area contributed by atoms with E-state index in [1.165, 1.54) is 4.90 Å². The molecule has 0 atom stereocenters. The van der Waals surface area contributed by atoms with Crippen molar-refractivity contribution in [3.05, 3.63) is 35.8 Å². The Hall–Kier alpha value is -1.97. The molecule has 0 aromatic rings. The van der Waals surface area contributed by atoms with Gasteiger partial charge in [0.15, 0.2) is 5.78 Å². The minimum atomic E-state index is -0.399. The van der Waals surface area contributed by atoms with Crippen LogP contribution in [0.3, 0.4) is 0 Å². The molecule has 0 aromatic heterocycles. The fourth-order valence-electron chi connectivity index (χ4n) is 1.38. The summed E-state index contributed by atoms with van der Waals surface area (Å²) in [6.07, 6.45) is 4.76. The first kappa shape index (κ1) is 8.62. The summed E-state index contributed by atoms with van der Waals surface area (Å²) >= 11 is 0. The first-order valence-corrected chi connectivity index (χ1v) is 4.12. The van der Waals surface area contributed by atoms with E-state index in [0.717, 1.165) is 0 Å². The van der Waals surface area contributed by atoms with E-state index in [1.807, 2.05) is 0 Å². The molecule has 14 heavy (non-hydrogen) atoms. The van der Waals surface area contributed by atoms with E-state index < -0.39 is 5.91 Å². The van der Waals surface area contributed by atoms with E-state index in [0.29, 0.717) is 11.4 Å². The number of aliphatic imine (C=N–C) groups is 1. The highest BCUT2D eigenvalue weighted by Crippen LogP contribution is 2.25. The Balaban J connectivity index is 2.62. The van der Waals surface area contributed by atoms with Gasteiger partial charge in [0, 0.05) is 18.0 Å². The van der Waals surface area contributed by atoms with Crippen molar-refractivity contribution >= 4 is 17.9 Å². The van der Waals surface area contributed by atoms with Crippen LogP contribution in [-0.2, 0) is 9.59 Å². The lowest BCUT2D eigenvalue weighted by molar-refractivity contribution is -0.127. The second-order valence-corrected chi connectivity index (χ2v) is 3.05. The first-order chi connectivity index (χ1) is 6.63. The molecule has 0 aliphatic carbocycles. The molecule has 0 spiro atoms. The molecule has 4 heteroatoms. The first-order valence-electron chi connectivity index (χ1n) is 4.12. The highest BCUT2D eigenvalue weighted by Gasteiger charge is 2.32. The molecule has 0 N–H and O–H groups in total. The smallest absolute Gasteiger partial charge is 0.266 e. The largest absolute Gasteiger partial charge is 0.289 e. The van der Waals surface area contributed by atoms with Gasteiger partial charge in [-0.25, -0.2) is 4.99 Å². The summed E-state index contributed by atoms with van der Waals surface area (Å²) in [5, 5.41) is 0. The number of Topliss-reactive ketones (excluding diaryl/α,β-unsaturated/α-hetero) is 1.